The van der Waals surface area contributed by atoms with Gasteiger partial charge in [-0.1, -0.05) is 6.07 Å². The van der Waals surface area contributed by atoms with Gasteiger partial charge in [0.2, 0.25) is 0 Å². The van der Waals surface area contributed by atoms with Crippen molar-refractivity contribution in [2.75, 3.05) is 13.1 Å². The summed E-state index contributed by atoms with van der Waals surface area (Å²) in [6.45, 7) is 2.05. The van der Waals surface area contributed by atoms with Crippen molar-refractivity contribution in [3.8, 4) is 0 Å². The largest absolute Gasteiger partial charge is 0.481 e. The van der Waals surface area contributed by atoms with Crippen LogP contribution in [0.5, 0.6) is 0 Å². The molecule has 1 unspecified atom stereocenters. The van der Waals surface area contributed by atoms with Crippen molar-refractivity contribution >= 4 is 17.6 Å². The van der Waals surface area contributed by atoms with E-state index in [1.807, 2.05) is 0 Å². The van der Waals surface area contributed by atoms with Crippen LogP contribution in [0, 0.1) is 15.5 Å². The molecule has 20 heavy (non-hydrogen) atoms. The third-order valence-electron chi connectivity index (χ3n) is 3.58. The Balaban J connectivity index is 2.19. The van der Waals surface area contributed by atoms with Crippen molar-refractivity contribution in [1.82, 2.24) is 4.90 Å². The Hall–Kier alpha value is -2.44. The zero-order chi connectivity index (χ0) is 14.9. The second kappa shape index (κ2) is 4.92. The molecule has 1 aliphatic rings. The van der Waals surface area contributed by atoms with Crippen LogP contribution in [-0.2, 0) is 4.79 Å². The second-order valence-corrected chi connectivity index (χ2v) is 5.15. The number of carboxylic acids is 1. The van der Waals surface area contributed by atoms with Crippen LogP contribution in [0.2, 0.25) is 0 Å². The van der Waals surface area contributed by atoms with E-state index >= 15 is 0 Å². The van der Waals surface area contributed by atoms with Crippen LogP contribution in [0.4, 0.5) is 5.69 Å². The topological polar surface area (TPSA) is 101 Å². The summed E-state index contributed by atoms with van der Waals surface area (Å²) in [5, 5.41) is 19.8. The van der Waals surface area contributed by atoms with E-state index in [9.17, 15) is 19.7 Å². The molecule has 1 aromatic carbocycles. The minimum absolute atomic E-state index is 0.115. The number of hydrogen-bond donors (Lipinski definition) is 1. The summed E-state index contributed by atoms with van der Waals surface area (Å²) in [5.74, 6) is -1.31. The number of carbonyl (C=O) groups excluding carboxylic acids is 1. The van der Waals surface area contributed by atoms with Gasteiger partial charge >= 0.3 is 5.97 Å². The second-order valence-electron chi connectivity index (χ2n) is 5.15. The van der Waals surface area contributed by atoms with E-state index in [0.29, 0.717) is 13.0 Å². The zero-order valence-electron chi connectivity index (χ0n) is 10.9. The average molecular weight is 278 g/mol. The van der Waals surface area contributed by atoms with Crippen molar-refractivity contribution < 1.29 is 19.6 Å². The summed E-state index contributed by atoms with van der Waals surface area (Å²) in [4.78, 5) is 34.9. The highest BCUT2D eigenvalue weighted by atomic mass is 16.6. The summed E-state index contributed by atoms with van der Waals surface area (Å²) < 4.78 is 0. The highest BCUT2D eigenvalue weighted by Gasteiger charge is 2.42. The first kappa shape index (κ1) is 14.0. The Morgan fingerprint density at radius 3 is 2.70 bits per heavy atom. The van der Waals surface area contributed by atoms with E-state index < -0.39 is 16.3 Å². The molecule has 0 aromatic heterocycles. The first-order chi connectivity index (χ1) is 9.33. The molecular formula is C13H14N2O5. The van der Waals surface area contributed by atoms with E-state index in [1.54, 1.807) is 6.92 Å². The van der Waals surface area contributed by atoms with Crippen LogP contribution in [0.3, 0.4) is 0 Å². The summed E-state index contributed by atoms with van der Waals surface area (Å²) in [6.07, 6.45) is 0.378. The van der Waals surface area contributed by atoms with Crippen molar-refractivity contribution in [2.45, 2.75) is 13.3 Å². The van der Waals surface area contributed by atoms with Crippen LogP contribution < -0.4 is 0 Å². The van der Waals surface area contributed by atoms with Gasteiger partial charge in [0.05, 0.1) is 10.3 Å². The Morgan fingerprint density at radius 2 is 2.15 bits per heavy atom. The maximum atomic E-state index is 12.2. The van der Waals surface area contributed by atoms with Gasteiger partial charge in [-0.05, 0) is 19.4 Å². The van der Waals surface area contributed by atoms with Gasteiger partial charge in [-0.25, -0.2) is 0 Å². The van der Waals surface area contributed by atoms with E-state index in [2.05, 4.69) is 0 Å². The van der Waals surface area contributed by atoms with Crippen LogP contribution >= 0.6 is 0 Å². The number of nitrogens with zero attached hydrogens (tertiary/aromatic N) is 2. The average Bonchev–Trinajstić information content (AvgIpc) is 2.82. The van der Waals surface area contributed by atoms with Crippen molar-refractivity contribution in [3.05, 3.63) is 39.9 Å². The standard InChI is InChI=1S/C13H14N2O5/c1-13(12(17)18)5-6-14(8-13)11(16)9-3-2-4-10(7-9)15(19)20/h2-4,7H,5-6,8H2,1H3,(H,17,18). The lowest BCUT2D eigenvalue weighted by Gasteiger charge is -2.20. The van der Waals surface area contributed by atoms with Gasteiger partial charge in [0.1, 0.15) is 0 Å². The maximum Gasteiger partial charge on any atom is 0.311 e. The molecule has 0 spiro atoms. The van der Waals surface area contributed by atoms with Gasteiger partial charge in [0.15, 0.2) is 0 Å². The molecule has 1 atom stereocenters. The Morgan fingerprint density at radius 1 is 1.45 bits per heavy atom. The number of rotatable bonds is 3. The number of amides is 1. The molecule has 7 nitrogen and oxygen atoms in total. The summed E-state index contributed by atoms with van der Waals surface area (Å²) in [5.41, 5.74) is -0.902. The lowest BCUT2D eigenvalue weighted by atomic mass is 9.90. The third kappa shape index (κ3) is 2.47. The van der Waals surface area contributed by atoms with E-state index in [4.69, 9.17) is 5.11 Å². The SMILES string of the molecule is CC1(C(=O)O)CCN(C(=O)c2cccc([N+](=O)[O-])c2)C1. The van der Waals surface area contributed by atoms with Gasteiger partial charge in [-0.2, -0.15) is 0 Å². The molecular weight excluding hydrogens is 264 g/mol. The first-order valence-corrected chi connectivity index (χ1v) is 6.11. The Labute approximate surface area is 115 Å². The molecule has 1 saturated heterocycles. The minimum atomic E-state index is -0.948. The molecule has 0 radical (unpaired) electrons. The van der Waals surface area contributed by atoms with Gasteiger partial charge in [0, 0.05) is 30.8 Å². The molecule has 2 rings (SSSR count). The molecule has 1 aromatic rings. The molecule has 1 amide bonds. The molecule has 1 N–H and O–H groups in total. The molecule has 1 fully saturated rings. The van der Waals surface area contributed by atoms with Crippen LogP contribution in [-0.4, -0.2) is 39.9 Å². The fourth-order valence-corrected chi connectivity index (χ4v) is 2.24. The van der Waals surface area contributed by atoms with Crippen LogP contribution in [0.25, 0.3) is 0 Å². The fourth-order valence-electron chi connectivity index (χ4n) is 2.24. The number of benzene rings is 1. The van der Waals surface area contributed by atoms with Crippen LogP contribution in [0.1, 0.15) is 23.7 Å². The molecule has 7 heteroatoms. The first-order valence-electron chi connectivity index (χ1n) is 6.11. The van der Waals surface area contributed by atoms with Crippen LogP contribution in [0.15, 0.2) is 24.3 Å². The molecule has 1 aliphatic heterocycles. The quantitative estimate of drug-likeness (QED) is 0.667. The smallest absolute Gasteiger partial charge is 0.311 e. The third-order valence-corrected chi connectivity index (χ3v) is 3.58. The fraction of sp³-hybridized carbons (Fsp3) is 0.385. The number of hydrogen-bond acceptors (Lipinski definition) is 4. The molecule has 0 bridgehead atoms. The maximum absolute atomic E-state index is 12.2. The summed E-state index contributed by atoms with van der Waals surface area (Å²) in [7, 11) is 0. The van der Waals surface area contributed by atoms with Gasteiger partial charge < -0.3 is 10.0 Å². The van der Waals surface area contributed by atoms with Crippen molar-refractivity contribution in [1.29, 1.82) is 0 Å². The van der Waals surface area contributed by atoms with E-state index in [0.717, 1.165) is 0 Å². The highest BCUT2D eigenvalue weighted by Crippen LogP contribution is 2.31. The minimum Gasteiger partial charge on any atom is -0.481 e. The lowest BCUT2D eigenvalue weighted by molar-refractivity contribution is -0.384. The number of likely N-dealkylation sites (tertiary alicyclic amines) is 1. The number of carboxylic acid groups (broad SMARTS) is 1. The predicted molar refractivity (Wildman–Crippen MR) is 69.4 cm³/mol. The van der Waals surface area contributed by atoms with Crippen molar-refractivity contribution in [3.63, 3.8) is 0 Å². The summed E-state index contributed by atoms with van der Waals surface area (Å²) in [6, 6.07) is 5.45. The van der Waals surface area contributed by atoms with Gasteiger partial charge in [0.25, 0.3) is 11.6 Å². The van der Waals surface area contributed by atoms with Gasteiger partial charge in [-0.3, -0.25) is 19.7 Å². The molecule has 1 heterocycles. The van der Waals surface area contributed by atoms with Crippen molar-refractivity contribution in [2.24, 2.45) is 5.41 Å². The number of non-ortho nitro benzene ring substituents is 1. The predicted octanol–water partition coefficient (Wildman–Crippen LogP) is 1.53. The molecule has 0 aliphatic carbocycles. The van der Waals surface area contributed by atoms with E-state index in [1.165, 1.54) is 29.2 Å². The zero-order valence-corrected chi connectivity index (χ0v) is 10.9. The summed E-state index contributed by atoms with van der Waals surface area (Å²) >= 11 is 0. The Bertz CT molecular complexity index is 586. The lowest BCUT2D eigenvalue weighted by Crippen LogP contribution is -2.34. The number of nitro groups is 1. The molecule has 0 saturated carbocycles. The Kier molecular flexibility index (Phi) is 3.44. The number of carbonyl (C=O) groups is 2. The monoisotopic (exact) mass is 278 g/mol. The molecule has 106 valence electrons. The highest BCUT2D eigenvalue weighted by molar-refractivity contribution is 5.95. The van der Waals surface area contributed by atoms with E-state index in [-0.39, 0.29) is 23.7 Å². The number of aliphatic carboxylic acids is 1. The normalized spacial score (nSPS) is 21.8. The number of nitro benzene ring substituents is 1. The van der Waals surface area contributed by atoms with Gasteiger partial charge in [-0.15, -0.1) is 0 Å².